The van der Waals surface area contributed by atoms with Crippen LogP contribution in [0.15, 0.2) is 58.1 Å². The molecule has 0 saturated carbocycles. The highest BCUT2D eigenvalue weighted by Gasteiger charge is 2.22. The zero-order valence-electron chi connectivity index (χ0n) is 18.3. The molecule has 0 aromatic rings. The van der Waals surface area contributed by atoms with Crippen LogP contribution in [-0.2, 0) is 4.74 Å². The first-order valence-electron chi connectivity index (χ1n) is 9.55. The maximum atomic E-state index is 9.29. The quantitative estimate of drug-likeness (QED) is 0.328. The molecular formula is C24H34N2O. The van der Waals surface area contributed by atoms with E-state index in [9.17, 15) is 5.26 Å². The van der Waals surface area contributed by atoms with E-state index < -0.39 is 0 Å². The summed E-state index contributed by atoms with van der Waals surface area (Å²) in [7, 11) is 0. The Hall–Kier alpha value is -2.34. The second kappa shape index (κ2) is 9.04. The van der Waals surface area contributed by atoms with E-state index in [0.717, 1.165) is 11.3 Å². The van der Waals surface area contributed by atoms with Gasteiger partial charge >= 0.3 is 0 Å². The Kier molecular flexibility index (Phi) is 7.60. The lowest BCUT2D eigenvalue weighted by molar-refractivity contribution is 0.287. The van der Waals surface area contributed by atoms with E-state index in [0.29, 0.717) is 11.7 Å². The third-order valence-corrected chi connectivity index (χ3v) is 4.84. The molecule has 0 heterocycles. The monoisotopic (exact) mass is 366 g/mol. The van der Waals surface area contributed by atoms with Gasteiger partial charge in [0.15, 0.2) is 11.5 Å². The Labute approximate surface area is 165 Å². The molecule has 0 aliphatic heterocycles. The van der Waals surface area contributed by atoms with Crippen molar-refractivity contribution in [2.45, 2.75) is 62.3 Å². The van der Waals surface area contributed by atoms with Crippen molar-refractivity contribution in [3.8, 4) is 6.07 Å². The number of rotatable bonds is 5. The molecule has 3 heteroatoms. The van der Waals surface area contributed by atoms with Crippen LogP contribution in [0, 0.1) is 34.0 Å². The SMILES string of the molecule is CC1=CC(C)=C(O/C(=C/C=C(\C(C)C)C(C)(C)C)C(=N)C#N)[C@@H](C)C(C)=C1. The minimum Gasteiger partial charge on any atom is -0.458 e. The molecule has 0 unspecified atom stereocenters. The zero-order chi connectivity index (χ0) is 20.9. The van der Waals surface area contributed by atoms with Crippen LogP contribution in [-0.4, -0.2) is 5.71 Å². The second-order valence-electron chi connectivity index (χ2n) is 8.69. The van der Waals surface area contributed by atoms with E-state index in [1.807, 2.05) is 19.1 Å². The lowest BCUT2D eigenvalue weighted by Crippen LogP contribution is -2.14. The molecule has 0 radical (unpaired) electrons. The molecule has 0 bridgehead atoms. The van der Waals surface area contributed by atoms with E-state index in [1.54, 1.807) is 6.08 Å². The predicted molar refractivity (Wildman–Crippen MR) is 114 cm³/mol. The van der Waals surface area contributed by atoms with E-state index in [-0.39, 0.29) is 17.0 Å². The number of nitrogens with zero attached hydrogens (tertiary/aromatic N) is 1. The largest absolute Gasteiger partial charge is 0.458 e. The molecule has 27 heavy (non-hydrogen) atoms. The van der Waals surface area contributed by atoms with Crippen LogP contribution in [0.4, 0.5) is 0 Å². The van der Waals surface area contributed by atoms with Crippen molar-refractivity contribution in [2.75, 3.05) is 0 Å². The van der Waals surface area contributed by atoms with Gasteiger partial charge in [0.2, 0.25) is 0 Å². The first-order chi connectivity index (χ1) is 12.4. The van der Waals surface area contributed by atoms with Crippen molar-refractivity contribution in [3.63, 3.8) is 0 Å². The second-order valence-corrected chi connectivity index (χ2v) is 8.69. The molecule has 0 aromatic carbocycles. The Morgan fingerprint density at radius 1 is 1.19 bits per heavy atom. The average molecular weight is 367 g/mol. The molecule has 3 nitrogen and oxygen atoms in total. The number of hydrogen-bond acceptors (Lipinski definition) is 3. The van der Waals surface area contributed by atoms with Crippen molar-refractivity contribution in [1.82, 2.24) is 0 Å². The van der Waals surface area contributed by atoms with Gasteiger partial charge in [-0.3, -0.25) is 5.41 Å². The fraction of sp³-hybridized carbons (Fsp3) is 0.500. The minimum absolute atomic E-state index is 0.00851. The van der Waals surface area contributed by atoms with Gasteiger partial charge in [0.1, 0.15) is 11.8 Å². The zero-order valence-corrected chi connectivity index (χ0v) is 18.3. The molecule has 1 aliphatic carbocycles. The smallest absolute Gasteiger partial charge is 0.175 e. The summed E-state index contributed by atoms with van der Waals surface area (Å²) < 4.78 is 6.17. The summed E-state index contributed by atoms with van der Waals surface area (Å²) in [6.07, 6.45) is 8.02. The van der Waals surface area contributed by atoms with Crippen molar-refractivity contribution in [1.29, 1.82) is 10.7 Å². The van der Waals surface area contributed by atoms with Crippen LogP contribution in [0.1, 0.15) is 62.3 Å². The Morgan fingerprint density at radius 3 is 2.26 bits per heavy atom. The van der Waals surface area contributed by atoms with Crippen LogP contribution in [0.2, 0.25) is 0 Å². The highest BCUT2D eigenvalue weighted by atomic mass is 16.5. The van der Waals surface area contributed by atoms with Gasteiger partial charge in [0.25, 0.3) is 0 Å². The summed E-state index contributed by atoms with van der Waals surface area (Å²) in [6, 6.07) is 1.92. The van der Waals surface area contributed by atoms with Crippen molar-refractivity contribution < 1.29 is 4.74 Å². The Morgan fingerprint density at radius 2 is 1.78 bits per heavy atom. The standard InChI is InChI=1S/C24H34N2O/c1-15(2)20(24(7,8)9)10-11-22(21(26)14-25)27-23-18(5)13-16(3)12-17(4)19(23)6/h10-13,15,19,26H,1-9H3/b20-10+,22-11+,26-21?/t19-/m0/s1. The summed E-state index contributed by atoms with van der Waals surface area (Å²) >= 11 is 0. The predicted octanol–water partition coefficient (Wildman–Crippen LogP) is 6.88. The van der Waals surface area contributed by atoms with Crippen LogP contribution in [0.3, 0.4) is 0 Å². The molecule has 146 valence electrons. The first-order valence-corrected chi connectivity index (χ1v) is 9.55. The summed E-state index contributed by atoms with van der Waals surface area (Å²) in [4.78, 5) is 0. The summed E-state index contributed by atoms with van der Waals surface area (Å²) in [5.74, 6) is 1.54. The highest BCUT2D eigenvalue weighted by Crippen LogP contribution is 2.33. The Balaban J connectivity index is 3.43. The normalized spacial score (nSPS) is 19.4. The maximum absolute atomic E-state index is 9.29. The number of hydrogen-bond donors (Lipinski definition) is 1. The van der Waals surface area contributed by atoms with Crippen molar-refractivity contribution in [3.05, 3.63) is 58.1 Å². The van der Waals surface area contributed by atoms with Crippen LogP contribution in [0.5, 0.6) is 0 Å². The Bertz CT molecular complexity index is 787. The van der Waals surface area contributed by atoms with Crippen molar-refractivity contribution >= 4 is 5.71 Å². The van der Waals surface area contributed by atoms with Gasteiger partial charge in [0, 0.05) is 5.92 Å². The van der Waals surface area contributed by atoms with Gasteiger partial charge in [-0.15, -0.1) is 0 Å². The number of nitriles is 1. The van der Waals surface area contributed by atoms with Gasteiger partial charge in [0.05, 0.1) is 0 Å². The van der Waals surface area contributed by atoms with Crippen molar-refractivity contribution in [2.24, 2.45) is 17.3 Å². The topological polar surface area (TPSA) is 56.9 Å². The van der Waals surface area contributed by atoms with Crippen LogP contribution in [0.25, 0.3) is 0 Å². The number of allylic oxidation sites excluding steroid dienone is 9. The molecule has 0 fully saturated rings. The molecule has 1 aliphatic rings. The number of ether oxygens (including phenoxy) is 1. The molecule has 0 aromatic heterocycles. The highest BCUT2D eigenvalue weighted by molar-refractivity contribution is 6.08. The summed E-state index contributed by atoms with van der Waals surface area (Å²) in [5.41, 5.74) is 4.49. The minimum atomic E-state index is -0.164. The first kappa shape index (κ1) is 22.7. The summed E-state index contributed by atoms with van der Waals surface area (Å²) in [5, 5.41) is 17.4. The maximum Gasteiger partial charge on any atom is 0.175 e. The van der Waals surface area contributed by atoms with E-state index in [2.05, 4.69) is 67.5 Å². The van der Waals surface area contributed by atoms with E-state index in [1.165, 1.54) is 16.7 Å². The van der Waals surface area contributed by atoms with E-state index in [4.69, 9.17) is 10.1 Å². The molecule has 1 N–H and O–H groups in total. The average Bonchev–Trinajstić information content (AvgIpc) is 2.62. The van der Waals surface area contributed by atoms with Gasteiger partial charge in [-0.05, 0) is 43.8 Å². The lowest BCUT2D eigenvalue weighted by atomic mass is 9.80. The summed E-state index contributed by atoms with van der Waals surface area (Å²) in [6.45, 7) is 19.1. The molecule has 1 rings (SSSR count). The lowest BCUT2D eigenvalue weighted by Gasteiger charge is -2.26. The molecule has 1 atom stereocenters. The molecule has 0 amide bonds. The van der Waals surface area contributed by atoms with Gasteiger partial charge in [-0.25, -0.2) is 0 Å². The third-order valence-electron chi connectivity index (χ3n) is 4.84. The number of nitrogens with one attached hydrogen (secondary N) is 1. The van der Waals surface area contributed by atoms with Crippen LogP contribution >= 0.6 is 0 Å². The van der Waals surface area contributed by atoms with Gasteiger partial charge < -0.3 is 4.74 Å². The fourth-order valence-corrected chi connectivity index (χ4v) is 3.47. The van der Waals surface area contributed by atoms with Crippen LogP contribution < -0.4 is 0 Å². The molecule has 0 saturated heterocycles. The van der Waals surface area contributed by atoms with E-state index >= 15 is 0 Å². The third kappa shape index (κ3) is 6.10. The molecule has 0 spiro atoms. The van der Waals surface area contributed by atoms with Gasteiger partial charge in [-0.2, -0.15) is 5.26 Å². The fourth-order valence-electron chi connectivity index (χ4n) is 3.47. The molecular weight excluding hydrogens is 332 g/mol. The van der Waals surface area contributed by atoms with Gasteiger partial charge in [-0.1, -0.05) is 76.5 Å².